The predicted octanol–water partition coefficient (Wildman–Crippen LogP) is 2.01. The fraction of sp³-hybridized carbons (Fsp3) is 0.364. The standard InChI is InChI=1S/C11H11F3N2O2/c12-7-3-9(14)10(4-8(7)13)16-11(17)15-6-1-2-18-5-6/h3-4,6H,1-2,5H2,(H2,15,16,17). The number of urea groups is 1. The molecule has 2 N–H and O–H groups in total. The third kappa shape index (κ3) is 2.92. The van der Waals surface area contributed by atoms with E-state index in [1.807, 2.05) is 0 Å². The van der Waals surface area contributed by atoms with E-state index in [9.17, 15) is 18.0 Å². The maximum Gasteiger partial charge on any atom is 0.319 e. The number of carbonyl (C=O) groups is 1. The maximum atomic E-state index is 13.2. The molecule has 0 bridgehead atoms. The highest BCUT2D eigenvalue weighted by molar-refractivity contribution is 5.89. The van der Waals surface area contributed by atoms with Crippen molar-refractivity contribution < 1.29 is 22.7 Å². The van der Waals surface area contributed by atoms with Gasteiger partial charge in [0, 0.05) is 18.7 Å². The third-order valence-corrected chi connectivity index (χ3v) is 2.52. The van der Waals surface area contributed by atoms with Crippen LogP contribution in [-0.4, -0.2) is 25.3 Å². The minimum Gasteiger partial charge on any atom is -0.379 e. The largest absolute Gasteiger partial charge is 0.379 e. The van der Waals surface area contributed by atoms with Crippen LogP contribution >= 0.6 is 0 Å². The van der Waals surface area contributed by atoms with Crippen LogP contribution in [0.3, 0.4) is 0 Å². The lowest BCUT2D eigenvalue weighted by atomic mass is 10.2. The molecule has 0 aliphatic carbocycles. The summed E-state index contributed by atoms with van der Waals surface area (Å²) in [5.41, 5.74) is -0.412. The molecule has 1 fully saturated rings. The predicted molar refractivity (Wildman–Crippen MR) is 57.7 cm³/mol. The summed E-state index contributed by atoms with van der Waals surface area (Å²) < 4.78 is 43.8. The smallest absolute Gasteiger partial charge is 0.319 e. The zero-order valence-electron chi connectivity index (χ0n) is 9.30. The molecule has 2 amide bonds. The highest BCUT2D eigenvalue weighted by Crippen LogP contribution is 2.18. The second-order valence-corrected chi connectivity index (χ2v) is 3.91. The summed E-state index contributed by atoms with van der Waals surface area (Å²) in [6.45, 7) is 0.929. The van der Waals surface area contributed by atoms with Gasteiger partial charge in [0.25, 0.3) is 0 Å². The third-order valence-electron chi connectivity index (χ3n) is 2.52. The Morgan fingerprint density at radius 3 is 2.61 bits per heavy atom. The molecule has 7 heteroatoms. The van der Waals surface area contributed by atoms with Crippen molar-refractivity contribution in [2.45, 2.75) is 12.5 Å². The molecule has 4 nitrogen and oxygen atoms in total. The van der Waals surface area contributed by atoms with E-state index in [1.165, 1.54) is 0 Å². The Hall–Kier alpha value is -1.76. The number of hydrogen-bond donors (Lipinski definition) is 2. The van der Waals surface area contributed by atoms with E-state index in [-0.39, 0.29) is 6.04 Å². The summed E-state index contributed by atoms with van der Waals surface area (Å²) in [6.07, 6.45) is 0.660. The van der Waals surface area contributed by atoms with Crippen LogP contribution in [0.4, 0.5) is 23.7 Å². The van der Waals surface area contributed by atoms with Gasteiger partial charge in [0.15, 0.2) is 11.6 Å². The van der Waals surface area contributed by atoms with Gasteiger partial charge in [-0.15, -0.1) is 0 Å². The molecule has 0 radical (unpaired) electrons. The number of nitrogens with one attached hydrogen (secondary N) is 2. The van der Waals surface area contributed by atoms with E-state index in [0.29, 0.717) is 31.8 Å². The Labute approximate surface area is 101 Å². The molecule has 18 heavy (non-hydrogen) atoms. The number of ether oxygens (including phenoxy) is 1. The Kier molecular flexibility index (Phi) is 3.71. The van der Waals surface area contributed by atoms with Gasteiger partial charge in [-0.2, -0.15) is 0 Å². The van der Waals surface area contributed by atoms with Crippen molar-refractivity contribution in [1.82, 2.24) is 5.32 Å². The van der Waals surface area contributed by atoms with Crippen molar-refractivity contribution in [3.05, 3.63) is 29.6 Å². The second-order valence-electron chi connectivity index (χ2n) is 3.91. The van der Waals surface area contributed by atoms with Gasteiger partial charge in [-0.1, -0.05) is 0 Å². The van der Waals surface area contributed by atoms with Crippen LogP contribution in [0.5, 0.6) is 0 Å². The molecule has 0 saturated carbocycles. The average Bonchev–Trinajstić information content (AvgIpc) is 2.78. The van der Waals surface area contributed by atoms with Crippen LogP contribution in [0, 0.1) is 17.5 Å². The number of halogens is 3. The molecule has 98 valence electrons. The summed E-state index contributed by atoms with van der Waals surface area (Å²) in [7, 11) is 0. The molecule has 1 aromatic carbocycles. The van der Waals surface area contributed by atoms with Gasteiger partial charge >= 0.3 is 6.03 Å². The fourth-order valence-electron chi connectivity index (χ4n) is 1.61. The number of anilines is 1. The van der Waals surface area contributed by atoms with E-state index in [4.69, 9.17) is 4.74 Å². The van der Waals surface area contributed by atoms with Gasteiger partial charge in [-0.3, -0.25) is 0 Å². The molecule has 1 aromatic rings. The van der Waals surface area contributed by atoms with Crippen molar-refractivity contribution in [2.24, 2.45) is 0 Å². The van der Waals surface area contributed by atoms with Gasteiger partial charge < -0.3 is 15.4 Å². The highest BCUT2D eigenvalue weighted by atomic mass is 19.2. The first-order valence-corrected chi connectivity index (χ1v) is 5.36. The Bertz CT molecular complexity index is 462. The zero-order chi connectivity index (χ0) is 13.1. The summed E-state index contributed by atoms with van der Waals surface area (Å²) in [5.74, 6) is -3.56. The van der Waals surface area contributed by atoms with Crippen LogP contribution in [0.15, 0.2) is 12.1 Å². The van der Waals surface area contributed by atoms with Crippen molar-refractivity contribution in [1.29, 1.82) is 0 Å². The Morgan fingerprint density at radius 1 is 1.22 bits per heavy atom. The quantitative estimate of drug-likeness (QED) is 0.799. The number of amides is 2. The number of benzene rings is 1. The Balaban J connectivity index is 2.00. The Morgan fingerprint density at radius 2 is 1.94 bits per heavy atom. The van der Waals surface area contributed by atoms with E-state index in [2.05, 4.69) is 10.6 Å². The van der Waals surface area contributed by atoms with Gasteiger partial charge in [-0.05, 0) is 6.42 Å². The minimum atomic E-state index is -1.30. The van der Waals surface area contributed by atoms with Crippen molar-refractivity contribution in [2.75, 3.05) is 18.5 Å². The van der Waals surface area contributed by atoms with Gasteiger partial charge in [0.2, 0.25) is 0 Å². The molecule has 1 aliphatic rings. The second kappa shape index (κ2) is 5.26. The maximum absolute atomic E-state index is 13.2. The van der Waals surface area contributed by atoms with Crippen LogP contribution in [-0.2, 0) is 4.74 Å². The monoisotopic (exact) mass is 260 g/mol. The molecule has 0 aromatic heterocycles. The molecular weight excluding hydrogens is 249 g/mol. The summed E-state index contributed by atoms with van der Waals surface area (Å²) in [6, 6.07) is 0.132. The van der Waals surface area contributed by atoms with Gasteiger partial charge in [0.1, 0.15) is 5.82 Å². The van der Waals surface area contributed by atoms with Crippen LogP contribution in [0.2, 0.25) is 0 Å². The molecule has 0 spiro atoms. The van der Waals surface area contributed by atoms with E-state index >= 15 is 0 Å². The lowest BCUT2D eigenvalue weighted by Crippen LogP contribution is -2.38. The van der Waals surface area contributed by atoms with E-state index in [1.54, 1.807) is 0 Å². The lowest BCUT2D eigenvalue weighted by molar-refractivity contribution is 0.189. The molecule has 1 atom stereocenters. The fourth-order valence-corrected chi connectivity index (χ4v) is 1.61. The van der Waals surface area contributed by atoms with Crippen LogP contribution in [0.25, 0.3) is 0 Å². The average molecular weight is 260 g/mol. The molecular formula is C11H11F3N2O2. The molecule has 1 heterocycles. The number of carbonyl (C=O) groups excluding carboxylic acids is 1. The van der Waals surface area contributed by atoms with Gasteiger partial charge in [0.05, 0.1) is 18.3 Å². The molecule has 1 aliphatic heterocycles. The number of hydrogen-bond acceptors (Lipinski definition) is 2. The molecule has 2 rings (SSSR count). The van der Waals surface area contributed by atoms with Crippen LogP contribution < -0.4 is 10.6 Å². The topological polar surface area (TPSA) is 50.4 Å². The van der Waals surface area contributed by atoms with Gasteiger partial charge in [-0.25, -0.2) is 18.0 Å². The first kappa shape index (κ1) is 12.7. The summed E-state index contributed by atoms with van der Waals surface area (Å²) in [4.78, 5) is 11.5. The first-order valence-electron chi connectivity index (χ1n) is 5.36. The first-order chi connectivity index (χ1) is 8.56. The highest BCUT2D eigenvalue weighted by Gasteiger charge is 2.19. The van der Waals surface area contributed by atoms with Crippen molar-refractivity contribution in [3.8, 4) is 0 Å². The molecule has 1 unspecified atom stereocenters. The van der Waals surface area contributed by atoms with E-state index in [0.717, 1.165) is 0 Å². The van der Waals surface area contributed by atoms with E-state index < -0.39 is 29.2 Å². The SMILES string of the molecule is O=C(Nc1cc(F)c(F)cc1F)NC1CCOC1. The van der Waals surface area contributed by atoms with Crippen LogP contribution in [0.1, 0.15) is 6.42 Å². The zero-order valence-corrected chi connectivity index (χ0v) is 9.30. The summed E-state index contributed by atoms with van der Waals surface area (Å²) >= 11 is 0. The van der Waals surface area contributed by atoms with Crippen molar-refractivity contribution >= 4 is 11.7 Å². The normalized spacial score (nSPS) is 18.7. The minimum absolute atomic E-state index is 0.154. The number of rotatable bonds is 2. The summed E-state index contributed by atoms with van der Waals surface area (Å²) in [5, 5.41) is 4.65. The lowest BCUT2D eigenvalue weighted by Gasteiger charge is -2.12. The molecule has 1 saturated heterocycles. The van der Waals surface area contributed by atoms with Crippen molar-refractivity contribution in [3.63, 3.8) is 0 Å².